The molecule has 6 nitrogen and oxygen atoms in total. The van der Waals surface area contributed by atoms with Gasteiger partial charge in [-0.15, -0.1) is 0 Å². The Morgan fingerprint density at radius 2 is 2.04 bits per heavy atom. The first-order valence-electron chi connectivity index (χ1n) is 8.05. The molecule has 24 heavy (non-hydrogen) atoms. The van der Waals surface area contributed by atoms with Gasteiger partial charge in [-0.1, -0.05) is 17.7 Å². The fourth-order valence-electron chi connectivity index (χ4n) is 2.78. The standard InChI is InChI=1S/C17H22ClNO5/c1-2-23-8-9-24-15-13(18)4-3-5-14(15)19-16(20)11-6-7-12(10-11)17(21)22/h3-5,11-12H,2,6-10H2,1H3,(H,19,20)(H,21,22)/t11-,12+/m1/s1. The molecule has 0 aliphatic heterocycles. The number of rotatable bonds is 8. The number of carboxylic acids is 1. The minimum atomic E-state index is -0.840. The van der Waals surface area contributed by atoms with Crippen molar-refractivity contribution in [3.63, 3.8) is 0 Å². The normalized spacial score (nSPS) is 19.9. The van der Waals surface area contributed by atoms with Gasteiger partial charge in [-0.3, -0.25) is 9.59 Å². The lowest BCUT2D eigenvalue weighted by atomic mass is 10.0. The minimum absolute atomic E-state index is 0.198. The smallest absolute Gasteiger partial charge is 0.306 e. The van der Waals surface area contributed by atoms with Crippen LogP contribution in [-0.4, -0.2) is 36.8 Å². The van der Waals surface area contributed by atoms with Gasteiger partial charge >= 0.3 is 5.97 Å². The Morgan fingerprint density at radius 3 is 2.71 bits per heavy atom. The highest BCUT2D eigenvalue weighted by Gasteiger charge is 2.34. The summed E-state index contributed by atoms with van der Waals surface area (Å²) in [5, 5.41) is 12.3. The van der Waals surface area contributed by atoms with Crippen molar-refractivity contribution in [3.8, 4) is 5.75 Å². The third kappa shape index (κ3) is 4.85. The summed E-state index contributed by atoms with van der Waals surface area (Å²) in [6.07, 6.45) is 1.47. The number of hydrogen-bond donors (Lipinski definition) is 2. The molecule has 1 aromatic carbocycles. The van der Waals surface area contributed by atoms with Gasteiger partial charge in [0, 0.05) is 12.5 Å². The number of ether oxygens (including phenoxy) is 2. The van der Waals surface area contributed by atoms with E-state index < -0.39 is 11.9 Å². The van der Waals surface area contributed by atoms with Crippen LogP contribution in [0.3, 0.4) is 0 Å². The number of anilines is 1. The molecule has 2 rings (SSSR count). The molecule has 1 aromatic rings. The number of carbonyl (C=O) groups excluding carboxylic acids is 1. The number of aliphatic carboxylic acids is 1. The maximum atomic E-state index is 12.4. The molecule has 2 atom stereocenters. The Hall–Kier alpha value is -1.79. The van der Waals surface area contributed by atoms with Gasteiger partial charge < -0.3 is 19.9 Å². The van der Waals surface area contributed by atoms with Gasteiger partial charge in [0.25, 0.3) is 0 Å². The number of carbonyl (C=O) groups is 2. The molecule has 0 aromatic heterocycles. The van der Waals surface area contributed by atoms with E-state index in [1.165, 1.54) is 0 Å². The second-order valence-corrected chi connectivity index (χ2v) is 6.10. The van der Waals surface area contributed by atoms with Gasteiger partial charge in [-0.2, -0.15) is 0 Å². The molecule has 0 unspecified atom stereocenters. The van der Waals surface area contributed by atoms with E-state index >= 15 is 0 Å². The van der Waals surface area contributed by atoms with Crippen molar-refractivity contribution in [2.45, 2.75) is 26.2 Å². The number of carboxylic acid groups (broad SMARTS) is 1. The van der Waals surface area contributed by atoms with Crippen LogP contribution in [0.15, 0.2) is 18.2 Å². The lowest BCUT2D eigenvalue weighted by molar-refractivity contribution is -0.141. The van der Waals surface area contributed by atoms with Crippen molar-refractivity contribution in [2.24, 2.45) is 11.8 Å². The second kappa shape index (κ2) is 8.89. The van der Waals surface area contributed by atoms with E-state index in [2.05, 4.69) is 5.32 Å². The van der Waals surface area contributed by atoms with E-state index in [0.717, 1.165) is 0 Å². The lowest BCUT2D eigenvalue weighted by Gasteiger charge is -2.16. The van der Waals surface area contributed by atoms with Gasteiger partial charge in [0.1, 0.15) is 6.61 Å². The van der Waals surface area contributed by atoms with E-state index in [1.807, 2.05) is 6.92 Å². The lowest BCUT2D eigenvalue weighted by Crippen LogP contribution is -2.22. The largest absolute Gasteiger partial charge is 0.487 e. The molecule has 1 fully saturated rings. The first-order chi connectivity index (χ1) is 11.5. The van der Waals surface area contributed by atoms with Crippen LogP contribution in [0.4, 0.5) is 5.69 Å². The Balaban J connectivity index is 1.99. The van der Waals surface area contributed by atoms with Gasteiger partial charge in [-0.05, 0) is 38.3 Å². The van der Waals surface area contributed by atoms with E-state index in [0.29, 0.717) is 55.5 Å². The number of para-hydroxylation sites is 1. The average molecular weight is 356 g/mol. The zero-order valence-corrected chi connectivity index (χ0v) is 14.3. The highest BCUT2D eigenvalue weighted by molar-refractivity contribution is 6.32. The molecule has 0 heterocycles. The molecule has 1 aliphatic carbocycles. The highest BCUT2D eigenvalue weighted by atomic mass is 35.5. The van der Waals surface area contributed by atoms with Crippen molar-refractivity contribution in [3.05, 3.63) is 23.2 Å². The van der Waals surface area contributed by atoms with E-state index in [9.17, 15) is 9.59 Å². The fraction of sp³-hybridized carbons (Fsp3) is 0.529. The Morgan fingerprint density at radius 1 is 1.29 bits per heavy atom. The summed E-state index contributed by atoms with van der Waals surface area (Å²) in [4.78, 5) is 23.4. The summed E-state index contributed by atoms with van der Waals surface area (Å²) in [6, 6.07) is 5.12. The van der Waals surface area contributed by atoms with Gasteiger partial charge in [0.15, 0.2) is 5.75 Å². The number of hydrogen-bond acceptors (Lipinski definition) is 4. The minimum Gasteiger partial charge on any atom is -0.487 e. The third-order valence-corrected chi connectivity index (χ3v) is 4.35. The second-order valence-electron chi connectivity index (χ2n) is 5.70. The molecule has 1 aliphatic rings. The molecular formula is C17H22ClNO5. The first kappa shape index (κ1) is 18.5. The van der Waals surface area contributed by atoms with Crippen molar-refractivity contribution >= 4 is 29.2 Å². The number of benzene rings is 1. The van der Waals surface area contributed by atoms with E-state index in [1.54, 1.807) is 18.2 Å². The molecule has 7 heteroatoms. The Bertz CT molecular complexity index is 592. The summed E-state index contributed by atoms with van der Waals surface area (Å²) >= 11 is 6.16. The molecular weight excluding hydrogens is 334 g/mol. The molecule has 0 bridgehead atoms. The molecule has 0 spiro atoms. The Kier molecular flexibility index (Phi) is 6.87. The van der Waals surface area contributed by atoms with Crippen LogP contribution >= 0.6 is 11.6 Å². The monoisotopic (exact) mass is 355 g/mol. The number of nitrogens with one attached hydrogen (secondary N) is 1. The average Bonchev–Trinajstić information content (AvgIpc) is 3.04. The number of halogens is 1. The van der Waals surface area contributed by atoms with Crippen molar-refractivity contribution in [1.82, 2.24) is 0 Å². The highest BCUT2D eigenvalue weighted by Crippen LogP contribution is 2.35. The molecule has 2 N–H and O–H groups in total. The predicted octanol–water partition coefficient (Wildman–Crippen LogP) is 3.19. The van der Waals surface area contributed by atoms with Crippen LogP contribution in [0, 0.1) is 11.8 Å². The molecule has 132 valence electrons. The summed E-state index contributed by atoms with van der Waals surface area (Å²) in [5.74, 6) is -1.38. The topological polar surface area (TPSA) is 84.9 Å². The van der Waals surface area contributed by atoms with Crippen molar-refractivity contribution in [1.29, 1.82) is 0 Å². The molecule has 0 saturated heterocycles. The molecule has 0 radical (unpaired) electrons. The maximum Gasteiger partial charge on any atom is 0.306 e. The predicted molar refractivity (Wildman–Crippen MR) is 90.5 cm³/mol. The fourth-order valence-corrected chi connectivity index (χ4v) is 3.01. The summed E-state index contributed by atoms with van der Waals surface area (Å²) < 4.78 is 10.8. The van der Waals surface area contributed by atoms with Crippen molar-refractivity contribution in [2.75, 3.05) is 25.1 Å². The van der Waals surface area contributed by atoms with Gasteiger partial charge in [0.2, 0.25) is 5.91 Å². The SMILES string of the molecule is CCOCCOc1c(Cl)cccc1NC(=O)[C@@H]1CC[C@H](C(=O)O)C1. The molecule has 1 amide bonds. The van der Waals surface area contributed by atoms with Crippen LogP contribution < -0.4 is 10.1 Å². The van der Waals surface area contributed by atoms with Gasteiger partial charge in [-0.25, -0.2) is 0 Å². The Labute approximate surface area is 146 Å². The third-order valence-electron chi connectivity index (χ3n) is 4.06. The zero-order valence-electron chi connectivity index (χ0n) is 13.6. The van der Waals surface area contributed by atoms with Crippen molar-refractivity contribution < 1.29 is 24.2 Å². The zero-order chi connectivity index (χ0) is 17.5. The first-order valence-corrected chi connectivity index (χ1v) is 8.43. The van der Waals surface area contributed by atoms with Crippen LogP contribution in [0.2, 0.25) is 5.02 Å². The van der Waals surface area contributed by atoms with Crippen LogP contribution in [0.5, 0.6) is 5.75 Å². The van der Waals surface area contributed by atoms with Gasteiger partial charge in [0.05, 0.1) is 23.2 Å². The van der Waals surface area contributed by atoms with Crippen LogP contribution in [-0.2, 0) is 14.3 Å². The van der Waals surface area contributed by atoms with E-state index in [4.69, 9.17) is 26.2 Å². The van der Waals surface area contributed by atoms with Crippen LogP contribution in [0.25, 0.3) is 0 Å². The maximum absolute atomic E-state index is 12.4. The summed E-state index contributed by atoms with van der Waals surface area (Å²) in [7, 11) is 0. The van der Waals surface area contributed by atoms with Crippen LogP contribution in [0.1, 0.15) is 26.2 Å². The molecule has 1 saturated carbocycles. The summed E-state index contributed by atoms with van der Waals surface area (Å²) in [5.41, 5.74) is 0.489. The number of amides is 1. The quantitative estimate of drug-likeness (QED) is 0.699. The summed E-state index contributed by atoms with van der Waals surface area (Å²) in [6.45, 7) is 3.25. The van der Waals surface area contributed by atoms with E-state index in [-0.39, 0.29) is 11.8 Å².